The number of nitrogens with zero attached hydrogens (tertiary/aromatic N) is 6. The van der Waals surface area contributed by atoms with Crippen LogP contribution in [-0.4, -0.2) is 34.9 Å². The highest BCUT2D eigenvalue weighted by molar-refractivity contribution is 5.77. The lowest BCUT2D eigenvalue weighted by molar-refractivity contribution is -0.00227. The molecule has 0 bridgehead atoms. The van der Waals surface area contributed by atoms with Crippen molar-refractivity contribution in [2.45, 2.75) is 25.1 Å². The first-order valence-corrected chi connectivity index (χ1v) is 8.90. The second-order valence-corrected chi connectivity index (χ2v) is 6.75. The van der Waals surface area contributed by atoms with Crippen LogP contribution in [0.3, 0.4) is 0 Å². The van der Waals surface area contributed by atoms with Crippen molar-refractivity contribution in [3.05, 3.63) is 82.4 Å². The summed E-state index contributed by atoms with van der Waals surface area (Å²) in [7, 11) is 0. The van der Waals surface area contributed by atoms with E-state index in [9.17, 15) is 23.1 Å². The Labute approximate surface area is 167 Å². The third-order valence-electron chi connectivity index (χ3n) is 4.76. The minimum Gasteiger partial charge on any atom is -0.383 e. The Bertz CT molecular complexity index is 1260. The summed E-state index contributed by atoms with van der Waals surface area (Å²) in [5, 5.41) is 22.5. The first-order chi connectivity index (χ1) is 14.4. The molecule has 0 radical (unpaired) electrons. The van der Waals surface area contributed by atoms with Gasteiger partial charge in [-0.2, -0.15) is 5.10 Å². The number of hydrogen-bond donors (Lipinski definition) is 1. The van der Waals surface area contributed by atoms with Crippen LogP contribution < -0.4 is 5.56 Å². The molecule has 0 saturated carbocycles. The zero-order chi connectivity index (χ0) is 21.3. The van der Waals surface area contributed by atoms with Crippen LogP contribution in [0.2, 0.25) is 0 Å². The molecular weight excluding hydrogens is 401 g/mol. The number of aryl methyl sites for hydroxylation is 1. The maximum absolute atomic E-state index is 14.4. The van der Waals surface area contributed by atoms with Crippen molar-refractivity contribution < 1.29 is 18.3 Å². The predicted octanol–water partition coefficient (Wildman–Crippen LogP) is 1.78. The zero-order valence-electron chi connectivity index (χ0n) is 15.4. The average Bonchev–Trinajstić information content (AvgIpc) is 3.20. The SMILES string of the molecule is O=c1c2c(F)cccc2nnn1CCC(O)(Cn1cncn1)c1ccc(F)cc1F. The third-order valence-corrected chi connectivity index (χ3v) is 4.76. The van der Waals surface area contributed by atoms with Gasteiger partial charge in [-0.05, 0) is 18.2 Å². The second kappa shape index (κ2) is 7.67. The maximum Gasteiger partial charge on any atom is 0.280 e. The van der Waals surface area contributed by atoms with Crippen molar-refractivity contribution in [1.82, 2.24) is 29.8 Å². The standard InChI is InChI=1S/C19H15F3N6O2/c20-12-4-5-13(15(22)8-12)19(30,9-27-11-23-10-24-27)6-7-28-18(29)17-14(21)2-1-3-16(17)25-26-28/h1-5,8,10-11,30H,6-7,9H2. The highest BCUT2D eigenvalue weighted by Gasteiger charge is 2.33. The van der Waals surface area contributed by atoms with E-state index in [1.807, 2.05) is 0 Å². The number of halogens is 3. The molecule has 0 fully saturated rings. The van der Waals surface area contributed by atoms with Crippen molar-refractivity contribution in [2.24, 2.45) is 0 Å². The van der Waals surface area contributed by atoms with E-state index in [-0.39, 0.29) is 36.0 Å². The molecule has 8 nitrogen and oxygen atoms in total. The predicted molar refractivity (Wildman–Crippen MR) is 98.6 cm³/mol. The van der Waals surface area contributed by atoms with Crippen LogP contribution in [0, 0.1) is 17.5 Å². The highest BCUT2D eigenvalue weighted by Crippen LogP contribution is 2.30. The van der Waals surface area contributed by atoms with E-state index >= 15 is 0 Å². The molecular formula is C19H15F3N6O2. The van der Waals surface area contributed by atoms with Crippen LogP contribution in [0.25, 0.3) is 10.9 Å². The molecule has 0 spiro atoms. The van der Waals surface area contributed by atoms with E-state index in [0.717, 1.165) is 22.9 Å². The van der Waals surface area contributed by atoms with Gasteiger partial charge >= 0.3 is 0 Å². The van der Waals surface area contributed by atoms with Gasteiger partial charge in [-0.15, -0.1) is 5.10 Å². The Morgan fingerprint density at radius 1 is 1.10 bits per heavy atom. The number of aromatic nitrogens is 6. The van der Waals surface area contributed by atoms with E-state index in [0.29, 0.717) is 6.07 Å². The molecule has 2 aromatic carbocycles. The van der Waals surface area contributed by atoms with Gasteiger partial charge in [0.25, 0.3) is 5.56 Å². The summed E-state index contributed by atoms with van der Waals surface area (Å²) in [6.07, 6.45) is 2.34. The summed E-state index contributed by atoms with van der Waals surface area (Å²) < 4.78 is 44.0. The summed E-state index contributed by atoms with van der Waals surface area (Å²) in [5.41, 5.74) is -2.72. The van der Waals surface area contributed by atoms with Gasteiger partial charge in [-0.25, -0.2) is 27.5 Å². The molecule has 0 saturated heterocycles. The molecule has 0 amide bonds. The second-order valence-electron chi connectivity index (χ2n) is 6.75. The normalized spacial score (nSPS) is 13.5. The molecule has 1 atom stereocenters. The van der Waals surface area contributed by atoms with Crippen LogP contribution in [0.4, 0.5) is 13.2 Å². The van der Waals surface area contributed by atoms with Gasteiger partial charge in [0.1, 0.15) is 46.6 Å². The molecule has 0 aliphatic rings. The van der Waals surface area contributed by atoms with Crippen molar-refractivity contribution in [3.8, 4) is 0 Å². The molecule has 154 valence electrons. The van der Waals surface area contributed by atoms with Gasteiger partial charge in [0.2, 0.25) is 0 Å². The Hall–Kier alpha value is -3.60. The smallest absolute Gasteiger partial charge is 0.280 e. The van der Waals surface area contributed by atoms with Crippen LogP contribution in [0.5, 0.6) is 0 Å². The highest BCUT2D eigenvalue weighted by atomic mass is 19.1. The van der Waals surface area contributed by atoms with Gasteiger partial charge in [0, 0.05) is 24.6 Å². The molecule has 2 aromatic heterocycles. The van der Waals surface area contributed by atoms with Crippen LogP contribution in [-0.2, 0) is 18.7 Å². The third kappa shape index (κ3) is 3.66. The molecule has 4 rings (SSSR count). The molecule has 0 aliphatic heterocycles. The average molecular weight is 416 g/mol. The zero-order valence-corrected chi connectivity index (χ0v) is 15.4. The Morgan fingerprint density at radius 3 is 2.67 bits per heavy atom. The number of fused-ring (bicyclic) bond motifs is 1. The maximum atomic E-state index is 14.4. The number of aliphatic hydroxyl groups is 1. The molecule has 2 heterocycles. The van der Waals surface area contributed by atoms with Crippen LogP contribution in [0.15, 0.2) is 53.8 Å². The molecule has 4 aromatic rings. The van der Waals surface area contributed by atoms with Gasteiger partial charge < -0.3 is 5.11 Å². The van der Waals surface area contributed by atoms with Gasteiger partial charge in [0.15, 0.2) is 0 Å². The Balaban J connectivity index is 1.71. The number of rotatable bonds is 6. The van der Waals surface area contributed by atoms with Gasteiger partial charge in [-0.3, -0.25) is 4.79 Å². The van der Waals surface area contributed by atoms with E-state index in [2.05, 4.69) is 20.4 Å². The molecule has 11 heteroatoms. The number of hydrogen-bond acceptors (Lipinski definition) is 6. The fourth-order valence-corrected chi connectivity index (χ4v) is 3.26. The van der Waals surface area contributed by atoms with Gasteiger partial charge in [0.05, 0.1) is 6.54 Å². The summed E-state index contributed by atoms with van der Waals surface area (Å²) in [6, 6.07) is 6.78. The fourth-order valence-electron chi connectivity index (χ4n) is 3.26. The lowest BCUT2D eigenvalue weighted by atomic mass is 9.89. The van der Waals surface area contributed by atoms with E-state index in [1.165, 1.54) is 29.5 Å². The monoisotopic (exact) mass is 416 g/mol. The van der Waals surface area contributed by atoms with Gasteiger partial charge in [-0.1, -0.05) is 17.3 Å². The lowest BCUT2D eigenvalue weighted by Crippen LogP contribution is -2.36. The van der Waals surface area contributed by atoms with E-state index in [4.69, 9.17) is 0 Å². The van der Waals surface area contributed by atoms with Crippen molar-refractivity contribution in [3.63, 3.8) is 0 Å². The first-order valence-electron chi connectivity index (χ1n) is 8.90. The molecule has 0 aliphatic carbocycles. The summed E-state index contributed by atoms with van der Waals surface area (Å²) in [5.74, 6) is -2.50. The van der Waals surface area contributed by atoms with E-state index in [1.54, 1.807) is 0 Å². The Kier molecular flexibility index (Phi) is 5.04. The van der Waals surface area contributed by atoms with Crippen molar-refractivity contribution in [1.29, 1.82) is 0 Å². The minimum atomic E-state index is -1.89. The molecule has 30 heavy (non-hydrogen) atoms. The molecule has 1 unspecified atom stereocenters. The summed E-state index contributed by atoms with van der Waals surface area (Å²) >= 11 is 0. The topological polar surface area (TPSA) is 98.7 Å². The first kappa shape index (κ1) is 19.7. The Morgan fingerprint density at radius 2 is 1.93 bits per heavy atom. The van der Waals surface area contributed by atoms with E-state index < -0.39 is 28.6 Å². The van der Waals surface area contributed by atoms with Crippen molar-refractivity contribution in [2.75, 3.05) is 0 Å². The van der Waals surface area contributed by atoms with Crippen LogP contribution in [0.1, 0.15) is 12.0 Å². The quantitative estimate of drug-likeness (QED) is 0.515. The summed E-state index contributed by atoms with van der Waals surface area (Å²) in [4.78, 5) is 16.4. The minimum absolute atomic E-state index is 0.0960. The summed E-state index contributed by atoms with van der Waals surface area (Å²) in [6.45, 7) is -0.433. The lowest BCUT2D eigenvalue weighted by Gasteiger charge is -2.29. The molecule has 1 N–H and O–H groups in total. The number of benzene rings is 2. The van der Waals surface area contributed by atoms with Crippen molar-refractivity contribution >= 4 is 10.9 Å². The van der Waals surface area contributed by atoms with Crippen LogP contribution >= 0.6 is 0 Å². The fraction of sp³-hybridized carbons (Fsp3) is 0.211. The largest absolute Gasteiger partial charge is 0.383 e.